The number of benzene rings is 3. The van der Waals surface area contributed by atoms with Crippen LogP contribution < -0.4 is 5.73 Å². The lowest BCUT2D eigenvalue weighted by Gasteiger charge is -2.06. The summed E-state index contributed by atoms with van der Waals surface area (Å²) in [4.78, 5) is 12.3. The SMILES string of the molecule is Nc1ccc(CC(=O)Cc2cccc3ccccc23)cc1. The van der Waals surface area contributed by atoms with Crippen molar-refractivity contribution in [2.75, 3.05) is 5.73 Å². The minimum atomic E-state index is 0.219. The molecule has 0 aliphatic rings. The van der Waals surface area contributed by atoms with Crippen LogP contribution in [0.15, 0.2) is 66.7 Å². The van der Waals surface area contributed by atoms with E-state index in [9.17, 15) is 4.79 Å². The summed E-state index contributed by atoms with van der Waals surface area (Å²) in [7, 11) is 0. The zero-order valence-corrected chi connectivity index (χ0v) is 11.8. The van der Waals surface area contributed by atoms with E-state index in [1.165, 1.54) is 5.39 Å². The summed E-state index contributed by atoms with van der Waals surface area (Å²) >= 11 is 0. The molecule has 0 saturated carbocycles. The number of carbonyl (C=O) groups is 1. The van der Waals surface area contributed by atoms with Crippen LogP contribution >= 0.6 is 0 Å². The monoisotopic (exact) mass is 275 g/mol. The van der Waals surface area contributed by atoms with E-state index < -0.39 is 0 Å². The lowest BCUT2D eigenvalue weighted by atomic mass is 9.98. The minimum Gasteiger partial charge on any atom is -0.399 e. The first-order chi connectivity index (χ1) is 10.2. The van der Waals surface area contributed by atoms with Crippen molar-refractivity contribution in [2.45, 2.75) is 12.8 Å². The molecule has 0 aliphatic heterocycles. The van der Waals surface area contributed by atoms with Crippen molar-refractivity contribution in [3.63, 3.8) is 0 Å². The van der Waals surface area contributed by atoms with Crippen LogP contribution in [0.2, 0.25) is 0 Å². The lowest BCUT2D eigenvalue weighted by molar-refractivity contribution is -0.117. The smallest absolute Gasteiger partial charge is 0.141 e. The predicted octanol–water partition coefficient (Wildman–Crippen LogP) is 3.78. The second kappa shape index (κ2) is 5.80. The van der Waals surface area contributed by atoms with Crippen molar-refractivity contribution >= 4 is 22.2 Å². The van der Waals surface area contributed by atoms with Gasteiger partial charge in [-0.05, 0) is 34.0 Å². The molecule has 104 valence electrons. The maximum Gasteiger partial charge on any atom is 0.141 e. The molecule has 3 rings (SSSR count). The molecule has 0 fully saturated rings. The molecular weight excluding hydrogens is 258 g/mol. The van der Waals surface area contributed by atoms with Gasteiger partial charge in [0.2, 0.25) is 0 Å². The van der Waals surface area contributed by atoms with Crippen LogP contribution in [-0.4, -0.2) is 5.78 Å². The Morgan fingerprint density at radius 1 is 0.810 bits per heavy atom. The van der Waals surface area contributed by atoms with E-state index in [1.807, 2.05) is 48.5 Å². The van der Waals surface area contributed by atoms with Gasteiger partial charge in [0.05, 0.1) is 0 Å². The molecule has 0 aromatic heterocycles. The van der Waals surface area contributed by atoms with E-state index in [1.54, 1.807) is 0 Å². The summed E-state index contributed by atoms with van der Waals surface area (Å²) in [5.74, 6) is 0.219. The summed E-state index contributed by atoms with van der Waals surface area (Å²) < 4.78 is 0. The summed E-state index contributed by atoms with van der Waals surface area (Å²) in [5.41, 5.74) is 8.48. The Kier molecular flexibility index (Phi) is 3.69. The topological polar surface area (TPSA) is 43.1 Å². The molecule has 2 nitrogen and oxygen atoms in total. The van der Waals surface area contributed by atoms with Crippen molar-refractivity contribution in [1.82, 2.24) is 0 Å². The molecule has 0 heterocycles. The second-order valence-electron chi connectivity index (χ2n) is 5.27. The Balaban J connectivity index is 1.79. The number of nitrogens with two attached hydrogens (primary N) is 1. The van der Waals surface area contributed by atoms with Gasteiger partial charge < -0.3 is 5.73 Å². The van der Waals surface area contributed by atoms with E-state index in [4.69, 9.17) is 5.73 Å². The highest BCUT2D eigenvalue weighted by Crippen LogP contribution is 2.19. The van der Waals surface area contributed by atoms with Crippen LogP contribution in [0.3, 0.4) is 0 Å². The van der Waals surface area contributed by atoms with Gasteiger partial charge in [0.1, 0.15) is 5.78 Å². The van der Waals surface area contributed by atoms with Crippen LogP contribution in [-0.2, 0) is 17.6 Å². The zero-order valence-electron chi connectivity index (χ0n) is 11.8. The number of ketones is 1. The minimum absolute atomic E-state index is 0.219. The first-order valence-corrected chi connectivity index (χ1v) is 7.05. The number of carbonyl (C=O) groups excluding carboxylic acids is 1. The number of hydrogen-bond acceptors (Lipinski definition) is 2. The molecule has 0 atom stereocenters. The highest BCUT2D eigenvalue weighted by Gasteiger charge is 2.08. The summed E-state index contributed by atoms with van der Waals surface area (Å²) in [5, 5.41) is 2.33. The number of hydrogen-bond donors (Lipinski definition) is 1. The maximum atomic E-state index is 12.3. The third kappa shape index (κ3) is 3.11. The fourth-order valence-electron chi connectivity index (χ4n) is 2.58. The van der Waals surface area contributed by atoms with Crippen LogP contribution in [0, 0.1) is 0 Å². The standard InChI is InChI=1S/C19H17NO/c20-17-10-8-14(9-11-17)12-18(21)13-16-6-3-5-15-4-1-2-7-19(15)16/h1-11H,12-13,20H2. The van der Waals surface area contributed by atoms with E-state index in [0.717, 1.165) is 22.2 Å². The van der Waals surface area contributed by atoms with Crippen LogP contribution in [0.4, 0.5) is 5.69 Å². The van der Waals surface area contributed by atoms with Gasteiger partial charge in [0, 0.05) is 18.5 Å². The fraction of sp³-hybridized carbons (Fsp3) is 0.105. The maximum absolute atomic E-state index is 12.3. The lowest BCUT2D eigenvalue weighted by Crippen LogP contribution is -2.07. The molecule has 0 unspecified atom stereocenters. The molecule has 3 aromatic carbocycles. The average Bonchev–Trinajstić information content (AvgIpc) is 2.50. The largest absolute Gasteiger partial charge is 0.399 e. The van der Waals surface area contributed by atoms with Crippen LogP contribution in [0.25, 0.3) is 10.8 Å². The Morgan fingerprint density at radius 2 is 1.52 bits per heavy atom. The van der Waals surface area contributed by atoms with E-state index in [2.05, 4.69) is 18.2 Å². The fourth-order valence-corrected chi connectivity index (χ4v) is 2.58. The summed E-state index contributed by atoms with van der Waals surface area (Å²) in [6, 6.07) is 21.8. The van der Waals surface area contributed by atoms with Gasteiger partial charge in [-0.3, -0.25) is 4.79 Å². The van der Waals surface area contributed by atoms with Crippen molar-refractivity contribution in [1.29, 1.82) is 0 Å². The molecule has 0 bridgehead atoms. The Morgan fingerprint density at radius 3 is 2.33 bits per heavy atom. The predicted molar refractivity (Wildman–Crippen MR) is 87.2 cm³/mol. The van der Waals surface area contributed by atoms with Crippen molar-refractivity contribution in [3.05, 3.63) is 77.9 Å². The molecule has 2 N–H and O–H groups in total. The van der Waals surface area contributed by atoms with Gasteiger partial charge in [0.25, 0.3) is 0 Å². The van der Waals surface area contributed by atoms with Crippen LogP contribution in [0.1, 0.15) is 11.1 Å². The molecule has 21 heavy (non-hydrogen) atoms. The molecule has 0 saturated heterocycles. The molecule has 0 radical (unpaired) electrons. The second-order valence-corrected chi connectivity index (χ2v) is 5.27. The molecule has 0 amide bonds. The number of nitrogen functional groups attached to an aromatic ring is 1. The Labute approximate surface area is 124 Å². The van der Waals surface area contributed by atoms with E-state index in [-0.39, 0.29) is 5.78 Å². The molecule has 3 aromatic rings. The number of anilines is 1. The van der Waals surface area contributed by atoms with Gasteiger partial charge in [-0.1, -0.05) is 54.6 Å². The first kappa shape index (κ1) is 13.4. The van der Waals surface area contributed by atoms with Crippen LogP contribution in [0.5, 0.6) is 0 Å². The van der Waals surface area contributed by atoms with Crippen molar-refractivity contribution < 1.29 is 4.79 Å². The van der Waals surface area contributed by atoms with Crippen molar-refractivity contribution in [2.24, 2.45) is 0 Å². The van der Waals surface area contributed by atoms with Gasteiger partial charge in [-0.25, -0.2) is 0 Å². The van der Waals surface area contributed by atoms with Crippen molar-refractivity contribution in [3.8, 4) is 0 Å². The summed E-state index contributed by atoms with van der Waals surface area (Å²) in [6.07, 6.45) is 0.912. The first-order valence-electron chi connectivity index (χ1n) is 7.05. The quantitative estimate of drug-likeness (QED) is 0.736. The number of rotatable bonds is 4. The third-order valence-electron chi connectivity index (χ3n) is 3.65. The van der Waals surface area contributed by atoms with E-state index >= 15 is 0 Å². The molecule has 0 aliphatic carbocycles. The number of Topliss-reactive ketones (excluding diaryl/α,β-unsaturated/α-hetero) is 1. The molecule has 0 spiro atoms. The molecule has 2 heteroatoms. The zero-order chi connectivity index (χ0) is 14.7. The Hall–Kier alpha value is -2.61. The average molecular weight is 275 g/mol. The highest BCUT2D eigenvalue weighted by atomic mass is 16.1. The number of fused-ring (bicyclic) bond motifs is 1. The normalized spacial score (nSPS) is 10.7. The van der Waals surface area contributed by atoms with Gasteiger partial charge in [0.15, 0.2) is 0 Å². The van der Waals surface area contributed by atoms with E-state index in [0.29, 0.717) is 12.8 Å². The third-order valence-corrected chi connectivity index (χ3v) is 3.65. The highest BCUT2D eigenvalue weighted by molar-refractivity contribution is 5.91. The van der Waals surface area contributed by atoms with Gasteiger partial charge in [-0.2, -0.15) is 0 Å². The van der Waals surface area contributed by atoms with Gasteiger partial charge >= 0.3 is 0 Å². The Bertz CT molecular complexity index is 770. The molecular formula is C19H17NO. The van der Waals surface area contributed by atoms with Gasteiger partial charge in [-0.15, -0.1) is 0 Å². The summed E-state index contributed by atoms with van der Waals surface area (Å²) in [6.45, 7) is 0.